The molecule has 0 atom stereocenters. The number of hydrogen-bond acceptors (Lipinski definition) is 5. The number of nitrogens with zero attached hydrogens (tertiary/aromatic N) is 2. The Kier molecular flexibility index (Phi) is 3.63. The lowest BCUT2D eigenvalue weighted by atomic mass is 10.0. The number of hydrogen-bond donors (Lipinski definition) is 2. The number of nitrogens with two attached hydrogens (primary N) is 1. The molecule has 1 amide bonds. The number of rotatable bonds is 4. The van der Waals surface area contributed by atoms with Crippen LogP contribution in [0.2, 0.25) is 0 Å². The van der Waals surface area contributed by atoms with Crippen LogP contribution in [0.3, 0.4) is 0 Å². The maximum atomic E-state index is 12.1. The minimum atomic E-state index is -2.61. The number of para-hydroxylation sites is 1. The molecule has 0 saturated carbocycles. The fourth-order valence-corrected chi connectivity index (χ4v) is 2.57. The number of nitrogen functional groups attached to an aromatic ring is 1. The van der Waals surface area contributed by atoms with E-state index in [9.17, 15) is 4.79 Å². The number of pyridine rings is 2. The molecule has 25 heavy (non-hydrogen) atoms. The topological polar surface area (TPSA) is 90.1 Å². The zero-order valence-electron chi connectivity index (χ0n) is 16.5. The van der Waals surface area contributed by atoms with Crippen molar-refractivity contribution in [2.45, 2.75) is 0 Å². The van der Waals surface area contributed by atoms with Crippen LogP contribution in [0.5, 0.6) is 5.75 Å². The number of carbonyl (C=O) groups excluding carboxylic acids is 1. The Morgan fingerprint density at radius 1 is 1.12 bits per heavy atom. The van der Waals surface area contributed by atoms with Gasteiger partial charge in [0.05, 0.1) is 24.1 Å². The van der Waals surface area contributed by atoms with Gasteiger partial charge >= 0.3 is 0 Å². The molecule has 3 N–H and O–H groups in total. The molecule has 0 radical (unpaired) electrons. The summed E-state index contributed by atoms with van der Waals surface area (Å²) in [4.78, 5) is 20.7. The van der Waals surface area contributed by atoms with E-state index in [2.05, 4.69) is 9.97 Å². The molecule has 0 aliphatic rings. The van der Waals surface area contributed by atoms with Crippen molar-refractivity contribution in [2.24, 2.45) is 0 Å². The van der Waals surface area contributed by atoms with Gasteiger partial charge in [-0.15, -0.1) is 0 Å². The molecular formula is C19H18N4O2. The predicted molar refractivity (Wildman–Crippen MR) is 97.3 cm³/mol. The van der Waals surface area contributed by atoms with Crippen LogP contribution < -0.4 is 15.8 Å². The molecule has 3 rings (SSSR count). The molecule has 6 heteroatoms. The molecule has 126 valence electrons. The summed E-state index contributed by atoms with van der Waals surface area (Å²) < 4.78 is 27.0. The molecule has 0 aliphatic heterocycles. The zero-order valence-corrected chi connectivity index (χ0v) is 13.5. The molecular weight excluding hydrogens is 316 g/mol. The third-order valence-electron chi connectivity index (χ3n) is 3.72. The van der Waals surface area contributed by atoms with Crippen molar-refractivity contribution in [1.82, 2.24) is 15.3 Å². The lowest BCUT2D eigenvalue weighted by Crippen LogP contribution is -2.19. The average molecular weight is 337 g/mol. The molecule has 0 aliphatic carbocycles. The molecule has 3 aromatic rings. The highest BCUT2D eigenvalue weighted by Gasteiger charge is 2.16. The maximum Gasteiger partial charge on any atom is 0.254 e. The van der Waals surface area contributed by atoms with Gasteiger partial charge in [-0.25, -0.2) is 4.98 Å². The van der Waals surface area contributed by atoms with E-state index in [4.69, 9.17) is 14.6 Å². The number of nitrogens with one attached hydrogen (secondary N) is 1. The summed E-state index contributed by atoms with van der Waals surface area (Å²) in [5.74, 6) is -0.330. The Morgan fingerprint density at radius 2 is 1.92 bits per heavy atom. The van der Waals surface area contributed by atoms with Crippen LogP contribution in [0, 0.1) is 0 Å². The Hall–Kier alpha value is -3.41. The average Bonchev–Trinajstić information content (AvgIpc) is 2.66. The number of anilines is 1. The van der Waals surface area contributed by atoms with Crippen LogP contribution in [0.15, 0.2) is 54.7 Å². The maximum absolute atomic E-state index is 12.1. The Labute approximate surface area is 149 Å². The third kappa shape index (κ3) is 3.14. The number of benzene rings is 1. The highest BCUT2D eigenvalue weighted by Crippen LogP contribution is 2.37. The first-order valence-electron chi connectivity index (χ1n) is 8.98. The summed E-state index contributed by atoms with van der Waals surface area (Å²) >= 11 is 0. The summed E-state index contributed by atoms with van der Waals surface area (Å²) in [6, 6.07) is 14.1. The fraction of sp³-hybridized carbons (Fsp3) is 0.105. The van der Waals surface area contributed by atoms with E-state index in [0.29, 0.717) is 17.0 Å². The smallest absolute Gasteiger partial charge is 0.254 e. The molecule has 0 saturated heterocycles. The second kappa shape index (κ2) is 7.00. The molecule has 0 spiro atoms. The number of carbonyl (C=O) groups is 1. The second-order valence-electron chi connectivity index (χ2n) is 5.18. The molecule has 1 aromatic carbocycles. The number of methoxy groups -OCH3 is 1. The quantitative estimate of drug-likeness (QED) is 0.764. The number of ether oxygens (including phenoxy) is 1. The summed E-state index contributed by atoms with van der Waals surface area (Å²) in [5.41, 5.74) is 8.57. The highest BCUT2D eigenvalue weighted by molar-refractivity contribution is 5.98. The highest BCUT2D eigenvalue weighted by atomic mass is 16.5. The van der Waals surface area contributed by atoms with Gasteiger partial charge in [0.1, 0.15) is 11.6 Å². The first-order valence-corrected chi connectivity index (χ1v) is 7.48. The minimum Gasteiger partial charge on any atom is -0.495 e. The molecule has 0 bridgehead atoms. The number of aromatic nitrogens is 2. The largest absolute Gasteiger partial charge is 0.495 e. The van der Waals surface area contributed by atoms with Crippen molar-refractivity contribution >= 4 is 11.7 Å². The van der Waals surface area contributed by atoms with Crippen LogP contribution in [0.25, 0.3) is 22.5 Å². The van der Waals surface area contributed by atoms with Gasteiger partial charge in [0.15, 0.2) is 0 Å². The van der Waals surface area contributed by atoms with Crippen LogP contribution in [-0.4, -0.2) is 30.0 Å². The van der Waals surface area contributed by atoms with Gasteiger partial charge in [-0.2, -0.15) is 0 Å². The van der Waals surface area contributed by atoms with E-state index in [1.165, 1.54) is 6.07 Å². The van der Waals surface area contributed by atoms with Gasteiger partial charge in [0, 0.05) is 28.4 Å². The molecule has 0 fully saturated rings. The lowest BCUT2D eigenvalue weighted by molar-refractivity contribution is 0.0963. The van der Waals surface area contributed by atoms with Gasteiger partial charge < -0.3 is 15.8 Å². The van der Waals surface area contributed by atoms with E-state index in [1.54, 1.807) is 19.4 Å². The van der Waals surface area contributed by atoms with Gasteiger partial charge in [-0.3, -0.25) is 9.78 Å². The Morgan fingerprint density at radius 3 is 2.56 bits per heavy atom. The lowest BCUT2D eigenvalue weighted by Gasteiger charge is -2.14. The standard InChI is InChI=1S/C19H18N4O2/c1-21-19(24)14-9-10-16(23-18(14)20)13-7-5-6-12(17(13)25-2)15-8-3-4-11-22-15/h3-11H,1-2H3,(H2,20,23)(H,21,24)/i1D3. The first kappa shape index (κ1) is 12.9. The molecule has 2 aromatic heterocycles. The van der Waals surface area contributed by atoms with E-state index in [1.807, 2.05) is 41.7 Å². The van der Waals surface area contributed by atoms with E-state index < -0.39 is 12.9 Å². The van der Waals surface area contributed by atoms with E-state index in [-0.39, 0.29) is 11.4 Å². The second-order valence-corrected chi connectivity index (χ2v) is 5.18. The van der Waals surface area contributed by atoms with Crippen LogP contribution >= 0.6 is 0 Å². The molecule has 6 nitrogen and oxygen atoms in total. The van der Waals surface area contributed by atoms with Crippen molar-refractivity contribution in [3.63, 3.8) is 0 Å². The summed E-state index contributed by atoms with van der Waals surface area (Å²) in [6.07, 6.45) is 1.69. The van der Waals surface area contributed by atoms with Gasteiger partial charge in [-0.1, -0.05) is 12.1 Å². The first-order chi connectivity index (χ1) is 13.3. The SMILES string of the molecule is [2H]C([2H])([2H])NC(=O)c1ccc(-c2cccc(-c3ccccn3)c2OC)nc1N. The fourth-order valence-electron chi connectivity index (χ4n) is 2.57. The van der Waals surface area contributed by atoms with Crippen molar-refractivity contribution in [1.29, 1.82) is 0 Å². The van der Waals surface area contributed by atoms with Crippen molar-refractivity contribution < 1.29 is 13.6 Å². The molecule has 2 heterocycles. The van der Waals surface area contributed by atoms with Crippen LogP contribution in [0.1, 0.15) is 14.5 Å². The van der Waals surface area contributed by atoms with Gasteiger partial charge in [0.2, 0.25) is 0 Å². The number of amides is 1. The van der Waals surface area contributed by atoms with Crippen molar-refractivity contribution in [3.05, 3.63) is 60.3 Å². The van der Waals surface area contributed by atoms with Crippen molar-refractivity contribution in [2.75, 3.05) is 19.8 Å². The van der Waals surface area contributed by atoms with Crippen molar-refractivity contribution in [3.8, 4) is 28.3 Å². The normalized spacial score (nSPS) is 12.6. The van der Waals surface area contributed by atoms with Gasteiger partial charge in [-0.05, 0) is 36.4 Å². The Bertz CT molecular complexity index is 1010. The summed E-state index contributed by atoms with van der Waals surface area (Å²) in [7, 11) is 1.55. The van der Waals surface area contributed by atoms with Gasteiger partial charge in [0.25, 0.3) is 5.91 Å². The third-order valence-corrected chi connectivity index (χ3v) is 3.72. The zero-order chi connectivity index (χ0) is 20.3. The minimum absolute atomic E-state index is 0.0141. The van der Waals surface area contributed by atoms with Crippen LogP contribution in [-0.2, 0) is 0 Å². The predicted octanol–water partition coefficient (Wildman–Crippen LogP) is 2.76. The summed E-state index contributed by atoms with van der Waals surface area (Å²) in [6.45, 7) is -2.61. The Balaban J connectivity index is 2.03. The van der Waals surface area contributed by atoms with Crippen LogP contribution in [0.4, 0.5) is 5.82 Å². The monoisotopic (exact) mass is 337 g/mol. The van der Waals surface area contributed by atoms with E-state index in [0.717, 1.165) is 11.3 Å². The molecule has 0 unspecified atom stereocenters. The summed E-state index contributed by atoms with van der Waals surface area (Å²) in [5, 5.41) is 1.90. The van der Waals surface area contributed by atoms with E-state index >= 15 is 0 Å².